The number of nitrogens with one attached hydrogen (secondary N) is 2. The lowest BCUT2D eigenvalue weighted by Crippen LogP contribution is -2.31. The van der Waals surface area contributed by atoms with Gasteiger partial charge in [0.15, 0.2) is 0 Å². The maximum atomic E-state index is 13.2. The summed E-state index contributed by atoms with van der Waals surface area (Å²) in [7, 11) is 0. The molecule has 2 amide bonds. The van der Waals surface area contributed by atoms with Crippen LogP contribution >= 0.6 is 35.3 Å². The zero-order chi connectivity index (χ0) is 29.4. The minimum Gasteiger partial charge on any atom is -0.475 e. The number of carboxylic acid groups (broad SMARTS) is 1. The number of alkyl halides is 6. The lowest BCUT2D eigenvalue weighted by Gasteiger charge is -2.13. The lowest BCUT2D eigenvalue weighted by atomic mass is 10.0. The first-order valence-electron chi connectivity index (χ1n) is 10.7. The monoisotopic (exact) mass is 621 g/mol. The molecular formula is C22H13F6N5O4S3. The molecule has 4 rings (SSSR count). The number of hydrogen-bond donors (Lipinski definition) is 3. The summed E-state index contributed by atoms with van der Waals surface area (Å²) in [5, 5.41) is 18.1. The van der Waals surface area contributed by atoms with Crippen LogP contribution in [0.25, 0.3) is 17.2 Å². The molecule has 0 unspecified atom stereocenters. The van der Waals surface area contributed by atoms with Crippen LogP contribution in [0.4, 0.5) is 32.3 Å². The number of anilines is 1. The van der Waals surface area contributed by atoms with Crippen molar-refractivity contribution in [3.8, 4) is 11.1 Å². The van der Waals surface area contributed by atoms with E-state index in [9.17, 15) is 40.7 Å². The molecular weight excluding hydrogens is 608 g/mol. The minimum absolute atomic E-state index is 0.0427. The van der Waals surface area contributed by atoms with Gasteiger partial charge in [0, 0.05) is 17.8 Å². The van der Waals surface area contributed by atoms with Crippen molar-refractivity contribution in [1.29, 1.82) is 0 Å². The summed E-state index contributed by atoms with van der Waals surface area (Å²) in [4.78, 5) is 41.0. The highest BCUT2D eigenvalue weighted by Gasteiger charge is 2.37. The van der Waals surface area contributed by atoms with Gasteiger partial charge in [-0.2, -0.15) is 31.3 Å². The molecule has 3 heterocycles. The molecule has 1 aliphatic rings. The molecule has 0 radical (unpaired) electrons. The van der Waals surface area contributed by atoms with Gasteiger partial charge < -0.3 is 5.11 Å². The Morgan fingerprint density at radius 1 is 1.07 bits per heavy atom. The van der Waals surface area contributed by atoms with Gasteiger partial charge in [-0.25, -0.2) is 4.79 Å². The summed E-state index contributed by atoms with van der Waals surface area (Å²) < 4.78 is 79.4. The third-order valence-corrected chi connectivity index (χ3v) is 7.45. The fourth-order valence-electron chi connectivity index (χ4n) is 3.34. The van der Waals surface area contributed by atoms with Crippen LogP contribution in [-0.4, -0.2) is 53.8 Å². The van der Waals surface area contributed by atoms with Crippen LogP contribution in [0.1, 0.15) is 33.0 Å². The van der Waals surface area contributed by atoms with E-state index in [1.54, 1.807) is 0 Å². The predicted molar refractivity (Wildman–Crippen MR) is 136 cm³/mol. The number of thioether (sulfide) groups is 1. The van der Waals surface area contributed by atoms with Gasteiger partial charge in [-0.3, -0.25) is 24.9 Å². The van der Waals surface area contributed by atoms with Gasteiger partial charge in [0.1, 0.15) is 4.32 Å². The molecule has 0 atom stereocenters. The maximum Gasteiger partial charge on any atom is 0.416 e. The lowest BCUT2D eigenvalue weighted by molar-refractivity contribution is -0.143. The van der Waals surface area contributed by atoms with Crippen LogP contribution in [-0.2, 0) is 21.9 Å². The number of aromatic amines is 1. The Morgan fingerprint density at radius 3 is 2.30 bits per heavy atom. The molecule has 210 valence electrons. The molecule has 0 spiro atoms. The van der Waals surface area contributed by atoms with Crippen LogP contribution in [0.5, 0.6) is 0 Å². The van der Waals surface area contributed by atoms with E-state index < -0.39 is 47.1 Å². The number of benzene rings is 1. The quantitative estimate of drug-likeness (QED) is 0.179. The van der Waals surface area contributed by atoms with Crippen LogP contribution in [0, 0.1) is 0 Å². The molecule has 0 aliphatic carbocycles. The van der Waals surface area contributed by atoms with Gasteiger partial charge in [-0.1, -0.05) is 24.0 Å². The number of nitrogens with zero attached hydrogens (tertiary/aromatic N) is 3. The normalized spacial score (nSPS) is 15.2. The van der Waals surface area contributed by atoms with Gasteiger partial charge in [0.05, 0.1) is 16.0 Å². The van der Waals surface area contributed by atoms with E-state index in [4.69, 9.17) is 17.3 Å². The van der Waals surface area contributed by atoms with Crippen molar-refractivity contribution in [1.82, 2.24) is 20.1 Å². The second-order valence-electron chi connectivity index (χ2n) is 7.98. The standard InChI is InChI=1S/C22H13F6N5O4S3/c23-21(24,25)11-3-9(4-12(6-11)22(26,27)28)10-5-13(39-8-10)7-14-17(35)33(20(38)40-14)2-1-15(34)29-19-30-16(18(36)37)31-32-19/h3-8H,1-2H2,(H,36,37)(H2,29,30,31,32,34). The van der Waals surface area contributed by atoms with Gasteiger partial charge in [0.25, 0.3) is 5.91 Å². The van der Waals surface area contributed by atoms with Crippen LogP contribution in [0.15, 0.2) is 34.6 Å². The number of thiophene rings is 1. The number of halogens is 6. The Morgan fingerprint density at radius 2 is 1.73 bits per heavy atom. The number of rotatable bonds is 7. The predicted octanol–water partition coefficient (Wildman–Crippen LogP) is 5.50. The highest BCUT2D eigenvalue weighted by molar-refractivity contribution is 8.26. The average Bonchev–Trinajstić information content (AvgIpc) is 3.57. The van der Waals surface area contributed by atoms with E-state index in [1.807, 2.05) is 0 Å². The van der Waals surface area contributed by atoms with Crippen molar-refractivity contribution in [2.24, 2.45) is 0 Å². The number of carbonyl (C=O) groups excluding carboxylic acids is 2. The Kier molecular flexibility index (Phi) is 8.04. The van der Waals surface area contributed by atoms with E-state index in [0.29, 0.717) is 17.0 Å². The molecule has 1 aromatic carbocycles. The first-order valence-corrected chi connectivity index (χ1v) is 12.8. The summed E-state index contributed by atoms with van der Waals surface area (Å²) in [5.74, 6) is -3.32. The number of thiocarbonyl (C=S) groups is 1. The minimum atomic E-state index is -4.99. The SMILES string of the molecule is O=C(CCN1C(=O)C(=Cc2cc(-c3cc(C(F)(F)F)cc(C(F)(F)F)c3)cs2)SC1=S)Nc1n[nH]c(C(=O)O)n1. The summed E-state index contributed by atoms with van der Waals surface area (Å²) in [6.07, 6.45) is -8.82. The number of H-pyrrole nitrogens is 1. The van der Waals surface area contributed by atoms with E-state index in [-0.39, 0.29) is 45.3 Å². The number of aromatic carboxylic acids is 1. The molecule has 3 aromatic rings. The number of hydrogen-bond acceptors (Lipinski definition) is 8. The van der Waals surface area contributed by atoms with Gasteiger partial charge in [0.2, 0.25) is 17.7 Å². The number of carbonyl (C=O) groups is 3. The molecule has 0 saturated carbocycles. The van der Waals surface area contributed by atoms with E-state index in [1.165, 1.54) is 17.5 Å². The van der Waals surface area contributed by atoms with Crippen LogP contribution in [0.3, 0.4) is 0 Å². The fourth-order valence-corrected chi connectivity index (χ4v) is 5.56. The molecule has 9 nitrogen and oxygen atoms in total. The molecule has 40 heavy (non-hydrogen) atoms. The summed E-state index contributed by atoms with van der Waals surface area (Å²) in [6, 6.07) is 2.63. The summed E-state index contributed by atoms with van der Waals surface area (Å²) in [5.41, 5.74) is -3.09. The van der Waals surface area contributed by atoms with Crippen molar-refractivity contribution in [3.05, 3.63) is 56.4 Å². The highest BCUT2D eigenvalue weighted by Crippen LogP contribution is 2.40. The zero-order valence-electron chi connectivity index (χ0n) is 19.4. The molecule has 2 aromatic heterocycles. The first-order chi connectivity index (χ1) is 18.6. The third-order valence-electron chi connectivity index (χ3n) is 5.19. The molecule has 18 heteroatoms. The molecule has 1 saturated heterocycles. The van der Waals surface area contributed by atoms with Crippen LogP contribution < -0.4 is 5.32 Å². The second-order valence-corrected chi connectivity index (χ2v) is 10.6. The van der Waals surface area contributed by atoms with Crippen LogP contribution in [0.2, 0.25) is 0 Å². The van der Waals surface area contributed by atoms with Crippen molar-refractivity contribution in [2.45, 2.75) is 18.8 Å². The van der Waals surface area contributed by atoms with Gasteiger partial charge in [-0.15, -0.1) is 16.4 Å². The van der Waals surface area contributed by atoms with Crippen molar-refractivity contribution in [2.75, 3.05) is 11.9 Å². The molecule has 1 aliphatic heterocycles. The molecule has 1 fully saturated rings. The molecule has 3 N–H and O–H groups in total. The Hall–Kier alpha value is -3.77. The summed E-state index contributed by atoms with van der Waals surface area (Å²) in [6.45, 7) is -0.135. The van der Waals surface area contributed by atoms with Crippen molar-refractivity contribution >= 4 is 69.4 Å². The highest BCUT2D eigenvalue weighted by atomic mass is 32.2. The average molecular weight is 622 g/mol. The first kappa shape index (κ1) is 29.2. The maximum absolute atomic E-state index is 13.2. The Balaban J connectivity index is 1.46. The van der Waals surface area contributed by atoms with Gasteiger partial charge in [-0.05, 0) is 46.8 Å². The number of amides is 2. The Bertz CT molecular complexity index is 1510. The number of carboxylic acids is 1. The van der Waals surface area contributed by atoms with Crippen molar-refractivity contribution < 1.29 is 45.8 Å². The number of aromatic nitrogens is 3. The van der Waals surface area contributed by atoms with Crippen molar-refractivity contribution in [3.63, 3.8) is 0 Å². The second kappa shape index (κ2) is 11.0. The van der Waals surface area contributed by atoms with Gasteiger partial charge >= 0.3 is 18.3 Å². The zero-order valence-corrected chi connectivity index (χ0v) is 21.8. The largest absolute Gasteiger partial charge is 0.475 e. The van der Waals surface area contributed by atoms with E-state index >= 15 is 0 Å². The third kappa shape index (κ3) is 6.68. The summed E-state index contributed by atoms with van der Waals surface area (Å²) >= 11 is 7.10. The fraction of sp³-hybridized carbons (Fsp3) is 0.182. The van der Waals surface area contributed by atoms with E-state index in [0.717, 1.165) is 28.0 Å². The molecule has 0 bridgehead atoms. The Labute approximate surface area is 233 Å². The van der Waals surface area contributed by atoms with E-state index in [2.05, 4.69) is 20.5 Å². The smallest absolute Gasteiger partial charge is 0.416 e. The topological polar surface area (TPSA) is 128 Å².